The highest BCUT2D eigenvalue weighted by Gasteiger charge is 2.25. The Hall–Kier alpha value is -2.14. The van der Waals surface area contributed by atoms with Gasteiger partial charge in [0.15, 0.2) is 0 Å². The van der Waals surface area contributed by atoms with Gasteiger partial charge in [-0.15, -0.1) is 0 Å². The summed E-state index contributed by atoms with van der Waals surface area (Å²) in [5, 5.41) is 3.27. The molecule has 0 aliphatic carbocycles. The average Bonchev–Trinajstić information content (AvgIpc) is 2.95. The predicted octanol–water partition coefficient (Wildman–Crippen LogP) is 2.45. The van der Waals surface area contributed by atoms with E-state index in [1.165, 1.54) is 0 Å². The minimum absolute atomic E-state index is 0.252. The second-order valence-corrected chi connectivity index (χ2v) is 6.23. The fourth-order valence-electron chi connectivity index (χ4n) is 2.06. The van der Waals surface area contributed by atoms with E-state index in [-0.39, 0.29) is 5.97 Å². The molecule has 1 heterocycles. The molecule has 0 saturated heterocycles. The summed E-state index contributed by atoms with van der Waals surface area (Å²) in [5.41, 5.74) is 1.52. The Balaban J connectivity index is 2.02. The summed E-state index contributed by atoms with van der Waals surface area (Å²) in [6, 6.07) is 9.56. The van der Waals surface area contributed by atoms with Gasteiger partial charge in [0.2, 0.25) is 0 Å². The number of carbonyl (C=O) groups is 1. The molecule has 2 aromatic rings. The number of nitrogens with one attached hydrogen (secondary N) is 2. The summed E-state index contributed by atoms with van der Waals surface area (Å²) < 4.78 is 5.50. The number of aromatic amines is 1. The molecular weight excluding hydrogens is 278 g/mol. The van der Waals surface area contributed by atoms with Crippen LogP contribution in [0.4, 0.5) is 0 Å². The van der Waals surface area contributed by atoms with E-state index in [0.29, 0.717) is 13.0 Å². The van der Waals surface area contributed by atoms with Crippen LogP contribution < -0.4 is 5.32 Å². The normalized spacial score (nSPS) is 12.9. The van der Waals surface area contributed by atoms with Crippen LogP contribution in [-0.4, -0.2) is 27.6 Å². The largest absolute Gasteiger partial charge is 0.459 e. The molecule has 2 rings (SSSR count). The van der Waals surface area contributed by atoms with Crippen molar-refractivity contribution in [2.45, 2.75) is 45.4 Å². The van der Waals surface area contributed by atoms with Gasteiger partial charge in [0.05, 0.1) is 6.33 Å². The molecule has 0 spiro atoms. The van der Waals surface area contributed by atoms with Crippen molar-refractivity contribution in [3.63, 3.8) is 0 Å². The minimum Gasteiger partial charge on any atom is -0.459 e. The summed E-state index contributed by atoms with van der Waals surface area (Å²) in [6.07, 6.45) is 3.85. The summed E-state index contributed by atoms with van der Waals surface area (Å²) >= 11 is 0. The first-order valence-electron chi connectivity index (χ1n) is 7.41. The summed E-state index contributed by atoms with van der Waals surface area (Å²) in [7, 11) is 0. The second kappa shape index (κ2) is 7.22. The molecule has 0 aliphatic heterocycles. The van der Waals surface area contributed by atoms with E-state index >= 15 is 0 Å². The number of hydrogen-bond donors (Lipinski definition) is 2. The van der Waals surface area contributed by atoms with E-state index in [9.17, 15) is 4.79 Å². The van der Waals surface area contributed by atoms with Crippen LogP contribution in [-0.2, 0) is 22.5 Å². The second-order valence-electron chi connectivity index (χ2n) is 6.23. The van der Waals surface area contributed by atoms with Crippen LogP contribution in [0.15, 0.2) is 42.9 Å². The number of hydrogen-bond acceptors (Lipinski definition) is 4. The lowest BCUT2D eigenvalue weighted by Gasteiger charge is -2.24. The lowest BCUT2D eigenvalue weighted by atomic mass is 10.1. The van der Waals surface area contributed by atoms with Crippen LogP contribution in [0, 0.1) is 0 Å². The van der Waals surface area contributed by atoms with Gasteiger partial charge < -0.3 is 9.72 Å². The van der Waals surface area contributed by atoms with Gasteiger partial charge in [0.25, 0.3) is 0 Å². The van der Waals surface area contributed by atoms with Crippen molar-refractivity contribution < 1.29 is 9.53 Å². The van der Waals surface area contributed by atoms with Gasteiger partial charge in [0.1, 0.15) is 11.6 Å². The Bertz CT molecular complexity index is 574. The van der Waals surface area contributed by atoms with Gasteiger partial charge in [-0.3, -0.25) is 10.1 Å². The van der Waals surface area contributed by atoms with Crippen LogP contribution in [0.25, 0.3) is 0 Å². The fraction of sp³-hybridized carbons (Fsp3) is 0.412. The van der Waals surface area contributed by atoms with Crippen LogP contribution in [0.5, 0.6) is 0 Å². The zero-order chi connectivity index (χ0) is 16.0. The molecule has 22 heavy (non-hydrogen) atoms. The number of benzene rings is 1. The van der Waals surface area contributed by atoms with Crippen LogP contribution in [0.3, 0.4) is 0 Å². The first kappa shape index (κ1) is 16.2. The number of esters is 1. The van der Waals surface area contributed by atoms with E-state index < -0.39 is 11.6 Å². The maximum absolute atomic E-state index is 12.4. The Kier molecular flexibility index (Phi) is 5.33. The number of nitrogens with zero attached hydrogens (tertiary/aromatic N) is 1. The number of imidazole rings is 1. The molecule has 1 atom stereocenters. The maximum Gasteiger partial charge on any atom is 0.324 e. The van der Waals surface area contributed by atoms with Crippen molar-refractivity contribution in [1.29, 1.82) is 0 Å². The highest BCUT2D eigenvalue weighted by atomic mass is 16.6. The summed E-state index contributed by atoms with van der Waals surface area (Å²) in [6.45, 7) is 6.22. The highest BCUT2D eigenvalue weighted by Crippen LogP contribution is 2.11. The van der Waals surface area contributed by atoms with E-state index in [1.807, 2.05) is 51.1 Å². The maximum atomic E-state index is 12.4. The van der Waals surface area contributed by atoms with E-state index in [2.05, 4.69) is 15.3 Å². The monoisotopic (exact) mass is 301 g/mol. The third-order valence-corrected chi connectivity index (χ3v) is 3.07. The predicted molar refractivity (Wildman–Crippen MR) is 85.2 cm³/mol. The van der Waals surface area contributed by atoms with Gasteiger partial charge in [-0.2, -0.15) is 0 Å². The Morgan fingerprint density at radius 1 is 1.32 bits per heavy atom. The quantitative estimate of drug-likeness (QED) is 0.804. The molecule has 1 aromatic carbocycles. The van der Waals surface area contributed by atoms with Crippen molar-refractivity contribution in [3.05, 3.63) is 54.1 Å². The SMILES string of the molecule is CC(C)(C)OC(=O)[C@H](Cc1cnc[nH]1)NCc1ccccc1. The first-order chi connectivity index (χ1) is 10.4. The van der Waals surface area contributed by atoms with Crippen molar-refractivity contribution in [1.82, 2.24) is 15.3 Å². The molecule has 0 amide bonds. The van der Waals surface area contributed by atoms with E-state index in [4.69, 9.17) is 4.74 Å². The molecule has 118 valence electrons. The zero-order valence-corrected chi connectivity index (χ0v) is 13.3. The molecule has 5 nitrogen and oxygen atoms in total. The molecule has 0 bridgehead atoms. The number of ether oxygens (including phenoxy) is 1. The molecule has 0 unspecified atom stereocenters. The lowest BCUT2D eigenvalue weighted by Crippen LogP contribution is -2.42. The minimum atomic E-state index is -0.502. The molecule has 5 heteroatoms. The third-order valence-electron chi connectivity index (χ3n) is 3.07. The topological polar surface area (TPSA) is 67.0 Å². The zero-order valence-electron chi connectivity index (χ0n) is 13.3. The highest BCUT2D eigenvalue weighted by molar-refractivity contribution is 5.76. The van der Waals surface area contributed by atoms with E-state index in [1.54, 1.807) is 12.5 Å². The molecule has 0 aliphatic rings. The molecular formula is C17H23N3O2. The number of H-pyrrole nitrogens is 1. The summed E-state index contributed by atoms with van der Waals surface area (Å²) in [5.74, 6) is -0.252. The fourth-order valence-corrected chi connectivity index (χ4v) is 2.06. The molecule has 0 saturated carbocycles. The molecule has 0 radical (unpaired) electrons. The molecule has 0 fully saturated rings. The standard InChI is InChI=1S/C17H23N3O2/c1-17(2,3)22-16(21)15(9-14-11-18-12-20-14)19-10-13-7-5-4-6-8-13/h4-8,11-12,15,19H,9-10H2,1-3H3,(H,18,20)/t15-/m0/s1. The Morgan fingerprint density at radius 3 is 2.64 bits per heavy atom. The van der Waals surface area contributed by atoms with Crippen molar-refractivity contribution in [3.8, 4) is 0 Å². The third kappa shape index (κ3) is 5.33. The number of rotatable bonds is 6. The van der Waals surface area contributed by atoms with Crippen molar-refractivity contribution >= 4 is 5.97 Å². The smallest absolute Gasteiger partial charge is 0.324 e. The van der Waals surface area contributed by atoms with Gasteiger partial charge in [-0.05, 0) is 26.3 Å². The van der Waals surface area contributed by atoms with Gasteiger partial charge in [0, 0.05) is 24.9 Å². The van der Waals surface area contributed by atoms with Crippen molar-refractivity contribution in [2.24, 2.45) is 0 Å². The summed E-state index contributed by atoms with van der Waals surface area (Å²) in [4.78, 5) is 19.4. The van der Waals surface area contributed by atoms with Crippen molar-refractivity contribution in [2.75, 3.05) is 0 Å². The van der Waals surface area contributed by atoms with Gasteiger partial charge >= 0.3 is 5.97 Å². The van der Waals surface area contributed by atoms with Gasteiger partial charge in [-0.1, -0.05) is 30.3 Å². The van der Waals surface area contributed by atoms with E-state index in [0.717, 1.165) is 11.3 Å². The number of aromatic nitrogens is 2. The lowest BCUT2D eigenvalue weighted by molar-refractivity contribution is -0.157. The average molecular weight is 301 g/mol. The van der Waals surface area contributed by atoms with Crippen LogP contribution >= 0.6 is 0 Å². The molecule has 2 N–H and O–H groups in total. The first-order valence-corrected chi connectivity index (χ1v) is 7.41. The molecule has 1 aromatic heterocycles. The van der Waals surface area contributed by atoms with Crippen LogP contribution in [0.2, 0.25) is 0 Å². The number of carbonyl (C=O) groups excluding carboxylic acids is 1. The van der Waals surface area contributed by atoms with Gasteiger partial charge in [-0.25, -0.2) is 4.98 Å². The van der Waals surface area contributed by atoms with Crippen LogP contribution in [0.1, 0.15) is 32.0 Å². The Labute approximate surface area is 131 Å². The Morgan fingerprint density at radius 2 is 2.05 bits per heavy atom.